The molecule has 0 aromatic carbocycles. The summed E-state index contributed by atoms with van der Waals surface area (Å²) in [6.45, 7) is 2.02. The van der Waals surface area contributed by atoms with E-state index in [0.29, 0.717) is 5.13 Å². The topological polar surface area (TPSA) is 68.0 Å². The summed E-state index contributed by atoms with van der Waals surface area (Å²) in [6, 6.07) is -0.416. The van der Waals surface area contributed by atoms with Crippen molar-refractivity contribution in [3.05, 3.63) is 10.6 Å². The van der Waals surface area contributed by atoms with E-state index in [-0.39, 0.29) is 5.91 Å². The first-order chi connectivity index (χ1) is 8.20. The molecule has 1 aromatic heterocycles. The van der Waals surface area contributed by atoms with Crippen molar-refractivity contribution in [3.63, 3.8) is 0 Å². The van der Waals surface area contributed by atoms with E-state index in [1.165, 1.54) is 23.4 Å². The number of thiazole rings is 1. The van der Waals surface area contributed by atoms with Crippen molar-refractivity contribution in [2.24, 2.45) is 5.73 Å². The summed E-state index contributed by atoms with van der Waals surface area (Å²) < 4.78 is 0. The zero-order valence-electron chi connectivity index (χ0n) is 10.2. The number of nitrogens with zero attached hydrogens (tertiary/aromatic N) is 1. The summed E-state index contributed by atoms with van der Waals surface area (Å²) in [6.07, 6.45) is 6.23. The minimum absolute atomic E-state index is 0.113. The lowest BCUT2D eigenvalue weighted by Crippen LogP contribution is -2.35. The van der Waals surface area contributed by atoms with E-state index >= 15 is 0 Å². The molecule has 94 valence electrons. The van der Waals surface area contributed by atoms with Gasteiger partial charge in [0.1, 0.15) is 0 Å². The number of nitrogens with one attached hydrogen (secondary N) is 1. The standard InChI is InChI=1S/C12H19N3OS/c1-2-5-8(13)11(16)15-12-14-9-6-3-4-7-10(9)17-12/h8H,2-7,13H2,1H3,(H,14,15,16). The number of hydrogen-bond acceptors (Lipinski definition) is 4. The van der Waals surface area contributed by atoms with Gasteiger partial charge in [-0.05, 0) is 32.1 Å². The molecule has 2 rings (SSSR count). The zero-order valence-corrected chi connectivity index (χ0v) is 11.0. The van der Waals surface area contributed by atoms with Crippen LogP contribution in [0.3, 0.4) is 0 Å². The fourth-order valence-electron chi connectivity index (χ4n) is 2.05. The summed E-state index contributed by atoms with van der Waals surface area (Å²) in [5, 5.41) is 3.54. The summed E-state index contributed by atoms with van der Waals surface area (Å²) in [4.78, 5) is 17.5. The Bertz CT molecular complexity index is 379. The summed E-state index contributed by atoms with van der Waals surface area (Å²) in [5.41, 5.74) is 6.93. The number of nitrogens with two attached hydrogens (primary N) is 1. The summed E-state index contributed by atoms with van der Waals surface area (Å²) >= 11 is 1.60. The quantitative estimate of drug-likeness (QED) is 0.863. The number of fused-ring (bicyclic) bond motifs is 1. The van der Waals surface area contributed by atoms with Crippen LogP contribution in [0.15, 0.2) is 0 Å². The van der Waals surface area contributed by atoms with Crippen LogP contribution in [0.25, 0.3) is 0 Å². The third-order valence-electron chi connectivity index (χ3n) is 3.01. The van der Waals surface area contributed by atoms with Crippen LogP contribution in [0.4, 0.5) is 5.13 Å². The number of aryl methyl sites for hydroxylation is 2. The summed E-state index contributed by atoms with van der Waals surface area (Å²) in [7, 11) is 0. The molecule has 17 heavy (non-hydrogen) atoms. The van der Waals surface area contributed by atoms with Gasteiger partial charge in [-0.2, -0.15) is 0 Å². The molecule has 0 fully saturated rings. The molecule has 5 heteroatoms. The highest BCUT2D eigenvalue weighted by atomic mass is 32.1. The van der Waals surface area contributed by atoms with Gasteiger partial charge in [0.05, 0.1) is 11.7 Å². The summed E-state index contributed by atoms with van der Waals surface area (Å²) in [5.74, 6) is -0.113. The van der Waals surface area contributed by atoms with Gasteiger partial charge in [0.2, 0.25) is 5.91 Å². The Labute approximate surface area is 106 Å². The first-order valence-corrected chi connectivity index (χ1v) is 7.07. The maximum atomic E-state index is 11.7. The van der Waals surface area contributed by atoms with Crippen LogP contribution in [0.1, 0.15) is 43.2 Å². The number of rotatable bonds is 4. The molecule has 1 aliphatic carbocycles. The molecule has 1 unspecified atom stereocenters. The van der Waals surface area contributed by atoms with E-state index in [2.05, 4.69) is 10.3 Å². The fourth-order valence-corrected chi connectivity index (χ4v) is 3.10. The third-order valence-corrected chi connectivity index (χ3v) is 4.09. The molecule has 1 aliphatic rings. The minimum atomic E-state index is -0.416. The molecule has 0 saturated heterocycles. The van der Waals surface area contributed by atoms with Crippen LogP contribution in [-0.2, 0) is 17.6 Å². The molecule has 0 saturated carbocycles. The average molecular weight is 253 g/mol. The normalized spacial score (nSPS) is 16.4. The highest BCUT2D eigenvalue weighted by Gasteiger charge is 2.18. The number of hydrogen-bond donors (Lipinski definition) is 2. The van der Waals surface area contributed by atoms with Crippen molar-refractivity contribution in [1.82, 2.24) is 4.98 Å². The highest BCUT2D eigenvalue weighted by Crippen LogP contribution is 2.29. The van der Waals surface area contributed by atoms with E-state index in [4.69, 9.17) is 5.73 Å². The van der Waals surface area contributed by atoms with Crippen LogP contribution in [-0.4, -0.2) is 16.9 Å². The number of anilines is 1. The van der Waals surface area contributed by atoms with E-state index in [0.717, 1.165) is 25.7 Å². The van der Waals surface area contributed by atoms with Crippen molar-refractivity contribution in [2.45, 2.75) is 51.5 Å². The first-order valence-electron chi connectivity index (χ1n) is 6.25. The number of carbonyl (C=O) groups is 1. The molecule has 0 aliphatic heterocycles. The van der Waals surface area contributed by atoms with Crippen molar-refractivity contribution < 1.29 is 4.79 Å². The second-order valence-corrected chi connectivity index (χ2v) is 5.56. The van der Waals surface area contributed by atoms with Gasteiger partial charge in [-0.1, -0.05) is 13.3 Å². The maximum absolute atomic E-state index is 11.7. The van der Waals surface area contributed by atoms with Gasteiger partial charge < -0.3 is 11.1 Å². The van der Waals surface area contributed by atoms with Crippen molar-refractivity contribution in [3.8, 4) is 0 Å². The molecule has 1 aromatic rings. The molecular formula is C12H19N3OS. The molecule has 1 amide bonds. The van der Waals surface area contributed by atoms with E-state index < -0.39 is 6.04 Å². The monoisotopic (exact) mass is 253 g/mol. The van der Waals surface area contributed by atoms with Crippen LogP contribution >= 0.6 is 11.3 Å². The van der Waals surface area contributed by atoms with Gasteiger partial charge in [0, 0.05) is 4.88 Å². The molecule has 4 nitrogen and oxygen atoms in total. The average Bonchev–Trinajstić information content (AvgIpc) is 2.71. The first kappa shape index (κ1) is 12.5. The SMILES string of the molecule is CCCC(N)C(=O)Nc1nc2c(s1)CCCC2. The molecule has 0 radical (unpaired) electrons. The number of carbonyl (C=O) groups excluding carboxylic acids is 1. The zero-order chi connectivity index (χ0) is 12.3. The van der Waals surface area contributed by atoms with Gasteiger partial charge in [-0.15, -0.1) is 11.3 Å². The van der Waals surface area contributed by atoms with Gasteiger partial charge >= 0.3 is 0 Å². The molecule has 0 bridgehead atoms. The Morgan fingerprint density at radius 3 is 3.00 bits per heavy atom. The van der Waals surface area contributed by atoms with Crippen LogP contribution in [0, 0.1) is 0 Å². The van der Waals surface area contributed by atoms with Crippen LogP contribution in [0.5, 0.6) is 0 Å². The van der Waals surface area contributed by atoms with Crippen molar-refractivity contribution in [2.75, 3.05) is 5.32 Å². The van der Waals surface area contributed by atoms with Gasteiger partial charge in [-0.3, -0.25) is 4.79 Å². The van der Waals surface area contributed by atoms with E-state index in [1.54, 1.807) is 11.3 Å². The lowest BCUT2D eigenvalue weighted by molar-refractivity contribution is -0.117. The molecule has 3 N–H and O–H groups in total. The molecule has 0 spiro atoms. The van der Waals surface area contributed by atoms with Gasteiger partial charge in [-0.25, -0.2) is 4.98 Å². The highest BCUT2D eigenvalue weighted by molar-refractivity contribution is 7.15. The Balaban J connectivity index is 1.99. The molecule has 1 heterocycles. The minimum Gasteiger partial charge on any atom is -0.320 e. The maximum Gasteiger partial charge on any atom is 0.243 e. The third kappa shape index (κ3) is 3.04. The molecular weight excluding hydrogens is 234 g/mol. The van der Waals surface area contributed by atoms with E-state index in [1.807, 2.05) is 6.92 Å². The number of amides is 1. The second-order valence-electron chi connectivity index (χ2n) is 4.48. The number of aromatic nitrogens is 1. The predicted molar refractivity (Wildman–Crippen MR) is 70.3 cm³/mol. The van der Waals surface area contributed by atoms with Crippen molar-refractivity contribution in [1.29, 1.82) is 0 Å². The largest absolute Gasteiger partial charge is 0.320 e. The second kappa shape index (κ2) is 5.60. The predicted octanol–water partition coefficient (Wildman–Crippen LogP) is 2.09. The Kier molecular flexibility index (Phi) is 4.12. The Morgan fingerprint density at radius 2 is 2.29 bits per heavy atom. The lowest BCUT2D eigenvalue weighted by Gasteiger charge is -2.08. The molecule has 1 atom stereocenters. The van der Waals surface area contributed by atoms with Crippen LogP contribution < -0.4 is 11.1 Å². The lowest BCUT2D eigenvalue weighted by atomic mass is 10.0. The fraction of sp³-hybridized carbons (Fsp3) is 0.667. The van der Waals surface area contributed by atoms with Crippen LogP contribution in [0.2, 0.25) is 0 Å². The van der Waals surface area contributed by atoms with Gasteiger partial charge in [0.25, 0.3) is 0 Å². The Morgan fingerprint density at radius 1 is 1.53 bits per heavy atom. The van der Waals surface area contributed by atoms with Crippen molar-refractivity contribution >= 4 is 22.4 Å². The Hall–Kier alpha value is -0.940. The van der Waals surface area contributed by atoms with E-state index in [9.17, 15) is 4.79 Å². The smallest absolute Gasteiger partial charge is 0.243 e. The van der Waals surface area contributed by atoms with Gasteiger partial charge in [0.15, 0.2) is 5.13 Å².